The molecule has 0 amide bonds. The van der Waals surface area contributed by atoms with Crippen molar-refractivity contribution in [2.45, 2.75) is 19.6 Å². The number of hydrogen-bond acceptors (Lipinski definition) is 3. The molecule has 0 heterocycles. The molecule has 0 spiro atoms. The molecule has 0 aromatic heterocycles. The SMILES string of the molecule is CNC(C)c1ccccc1OCc1cc(Br)ccc1OC. The molecule has 2 aromatic rings. The molecular formula is C17H20BrNO2. The molecule has 3 nitrogen and oxygen atoms in total. The van der Waals surface area contributed by atoms with Gasteiger partial charge in [-0.25, -0.2) is 0 Å². The molecule has 0 aliphatic carbocycles. The van der Waals surface area contributed by atoms with Crippen molar-refractivity contribution in [2.24, 2.45) is 0 Å². The molecule has 4 heteroatoms. The van der Waals surface area contributed by atoms with E-state index in [1.807, 2.05) is 43.4 Å². The minimum atomic E-state index is 0.241. The normalized spacial score (nSPS) is 12.0. The van der Waals surface area contributed by atoms with E-state index < -0.39 is 0 Å². The summed E-state index contributed by atoms with van der Waals surface area (Å²) in [4.78, 5) is 0. The predicted molar refractivity (Wildman–Crippen MR) is 88.9 cm³/mol. The lowest BCUT2D eigenvalue weighted by Gasteiger charge is -2.17. The maximum atomic E-state index is 6.00. The average Bonchev–Trinajstić information content (AvgIpc) is 2.52. The first-order chi connectivity index (χ1) is 10.2. The number of nitrogens with one attached hydrogen (secondary N) is 1. The molecule has 2 aromatic carbocycles. The van der Waals surface area contributed by atoms with E-state index >= 15 is 0 Å². The Morgan fingerprint density at radius 3 is 2.62 bits per heavy atom. The van der Waals surface area contributed by atoms with Crippen LogP contribution in [0.3, 0.4) is 0 Å². The molecule has 0 saturated carbocycles. The van der Waals surface area contributed by atoms with E-state index in [-0.39, 0.29) is 6.04 Å². The van der Waals surface area contributed by atoms with Gasteiger partial charge in [-0.3, -0.25) is 0 Å². The molecule has 1 atom stereocenters. The van der Waals surface area contributed by atoms with Gasteiger partial charge in [0.2, 0.25) is 0 Å². The molecule has 0 aliphatic rings. The van der Waals surface area contributed by atoms with Crippen LogP contribution in [0.15, 0.2) is 46.9 Å². The Kier molecular flexibility index (Phi) is 5.65. The standard InChI is InChI=1S/C17H20BrNO2/c1-12(19-2)15-6-4-5-7-17(15)21-11-13-10-14(18)8-9-16(13)20-3/h4-10,12,19H,11H2,1-3H3. The van der Waals surface area contributed by atoms with Crippen LogP contribution in [0.4, 0.5) is 0 Å². The fourth-order valence-corrected chi connectivity index (χ4v) is 2.55. The van der Waals surface area contributed by atoms with Crippen molar-refractivity contribution in [1.29, 1.82) is 0 Å². The Balaban J connectivity index is 2.19. The van der Waals surface area contributed by atoms with Gasteiger partial charge in [0, 0.05) is 21.6 Å². The molecule has 112 valence electrons. The first-order valence-corrected chi connectivity index (χ1v) is 7.66. The zero-order valence-corrected chi connectivity index (χ0v) is 14.1. The Hall–Kier alpha value is -1.52. The van der Waals surface area contributed by atoms with Crippen LogP contribution in [0.1, 0.15) is 24.1 Å². The topological polar surface area (TPSA) is 30.5 Å². The summed E-state index contributed by atoms with van der Waals surface area (Å²) in [6.45, 7) is 2.58. The van der Waals surface area contributed by atoms with E-state index in [9.17, 15) is 0 Å². The third-order valence-electron chi connectivity index (χ3n) is 3.44. The number of rotatable bonds is 6. The highest BCUT2D eigenvalue weighted by Gasteiger charge is 2.11. The summed E-state index contributed by atoms with van der Waals surface area (Å²) in [7, 11) is 3.61. The van der Waals surface area contributed by atoms with Crippen molar-refractivity contribution >= 4 is 15.9 Å². The lowest BCUT2D eigenvalue weighted by molar-refractivity contribution is 0.291. The minimum Gasteiger partial charge on any atom is -0.496 e. The maximum absolute atomic E-state index is 6.00. The fourth-order valence-electron chi connectivity index (χ4n) is 2.14. The van der Waals surface area contributed by atoms with Crippen LogP contribution >= 0.6 is 15.9 Å². The Morgan fingerprint density at radius 1 is 1.14 bits per heavy atom. The monoisotopic (exact) mass is 349 g/mol. The first kappa shape index (κ1) is 15.9. The second-order valence-corrected chi connectivity index (χ2v) is 5.71. The largest absolute Gasteiger partial charge is 0.496 e. The third-order valence-corrected chi connectivity index (χ3v) is 3.94. The molecular weight excluding hydrogens is 330 g/mol. The summed E-state index contributed by atoms with van der Waals surface area (Å²) in [6, 6.07) is 14.2. The van der Waals surface area contributed by atoms with E-state index in [1.54, 1.807) is 7.11 Å². The summed E-state index contributed by atoms with van der Waals surface area (Å²) in [6.07, 6.45) is 0. The van der Waals surface area contributed by atoms with Gasteiger partial charge in [0.05, 0.1) is 7.11 Å². The molecule has 21 heavy (non-hydrogen) atoms. The summed E-state index contributed by atoms with van der Waals surface area (Å²) >= 11 is 3.48. The molecule has 0 saturated heterocycles. The zero-order chi connectivity index (χ0) is 15.2. The zero-order valence-electron chi connectivity index (χ0n) is 12.5. The van der Waals surface area contributed by atoms with Gasteiger partial charge >= 0.3 is 0 Å². The molecule has 2 rings (SSSR count). The summed E-state index contributed by atoms with van der Waals surface area (Å²) in [5.41, 5.74) is 2.16. The fraction of sp³-hybridized carbons (Fsp3) is 0.294. The second-order valence-electron chi connectivity index (χ2n) is 4.79. The predicted octanol–water partition coefficient (Wildman–Crippen LogP) is 4.32. The van der Waals surface area contributed by atoms with Crippen molar-refractivity contribution in [3.05, 3.63) is 58.1 Å². The highest BCUT2D eigenvalue weighted by molar-refractivity contribution is 9.10. The van der Waals surface area contributed by atoms with Gasteiger partial charge in [-0.15, -0.1) is 0 Å². The van der Waals surface area contributed by atoms with Crippen molar-refractivity contribution in [2.75, 3.05) is 14.2 Å². The highest BCUT2D eigenvalue weighted by atomic mass is 79.9. The van der Waals surface area contributed by atoms with Gasteiger partial charge in [-0.05, 0) is 38.2 Å². The first-order valence-electron chi connectivity index (χ1n) is 6.87. The van der Waals surface area contributed by atoms with Crippen LogP contribution in [-0.2, 0) is 6.61 Å². The molecule has 0 radical (unpaired) electrons. The Morgan fingerprint density at radius 2 is 1.90 bits per heavy atom. The summed E-state index contributed by atoms with van der Waals surface area (Å²) in [5, 5.41) is 3.24. The Labute approximate surface area is 134 Å². The van der Waals surface area contributed by atoms with Crippen molar-refractivity contribution in [3.8, 4) is 11.5 Å². The molecule has 1 N–H and O–H groups in total. The lowest BCUT2D eigenvalue weighted by atomic mass is 10.1. The van der Waals surface area contributed by atoms with Crippen LogP contribution in [0.2, 0.25) is 0 Å². The number of halogens is 1. The number of ether oxygens (including phenoxy) is 2. The van der Waals surface area contributed by atoms with Crippen LogP contribution in [0.5, 0.6) is 11.5 Å². The van der Waals surface area contributed by atoms with E-state index in [2.05, 4.69) is 34.2 Å². The summed E-state index contributed by atoms with van der Waals surface area (Å²) < 4.78 is 12.4. The lowest BCUT2D eigenvalue weighted by Crippen LogP contribution is -2.13. The van der Waals surface area contributed by atoms with Crippen molar-refractivity contribution in [1.82, 2.24) is 5.32 Å². The van der Waals surface area contributed by atoms with Crippen molar-refractivity contribution in [3.63, 3.8) is 0 Å². The van der Waals surface area contributed by atoms with Gasteiger partial charge in [0.1, 0.15) is 18.1 Å². The van der Waals surface area contributed by atoms with Gasteiger partial charge in [0.25, 0.3) is 0 Å². The van der Waals surface area contributed by atoms with Gasteiger partial charge in [-0.2, -0.15) is 0 Å². The van der Waals surface area contributed by atoms with E-state index in [0.29, 0.717) is 6.61 Å². The van der Waals surface area contributed by atoms with Gasteiger partial charge < -0.3 is 14.8 Å². The van der Waals surface area contributed by atoms with Gasteiger partial charge in [0.15, 0.2) is 0 Å². The van der Waals surface area contributed by atoms with Crippen LogP contribution in [0, 0.1) is 0 Å². The maximum Gasteiger partial charge on any atom is 0.125 e. The minimum absolute atomic E-state index is 0.241. The van der Waals surface area contributed by atoms with E-state index in [4.69, 9.17) is 9.47 Å². The van der Waals surface area contributed by atoms with E-state index in [1.165, 1.54) is 0 Å². The molecule has 1 unspecified atom stereocenters. The van der Waals surface area contributed by atoms with Crippen molar-refractivity contribution < 1.29 is 9.47 Å². The summed E-state index contributed by atoms with van der Waals surface area (Å²) in [5.74, 6) is 1.72. The quantitative estimate of drug-likeness (QED) is 0.842. The highest BCUT2D eigenvalue weighted by Crippen LogP contribution is 2.28. The number of hydrogen-bond donors (Lipinski definition) is 1. The number of para-hydroxylation sites is 1. The smallest absolute Gasteiger partial charge is 0.125 e. The molecule has 0 bridgehead atoms. The molecule has 0 aliphatic heterocycles. The van der Waals surface area contributed by atoms with Crippen LogP contribution < -0.4 is 14.8 Å². The van der Waals surface area contributed by atoms with Gasteiger partial charge in [-0.1, -0.05) is 34.1 Å². The second kappa shape index (κ2) is 7.48. The molecule has 0 fully saturated rings. The Bertz CT molecular complexity index is 601. The average molecular weight is 350 g/mol. The van der Waals surface area contributed by atoms with E-state index in [0.717, 1.165) is 27.1 Å². The third kappa shape index (κ3) is 3.99. The number of methoxy groups -OCH3 is 1. The van der Waals surface area contributed by atoms with Crippen LogP contribution in [-0.4, -0.2) is 14.2 Å². The number of benzene rings is 2. The van der Waals surface area contributed by atoms with Crippen LogP contribution in [0.25, 0.3) is 0 Å².